The third kappa shape index (κ3) is 407. The topological polar surface area (TPSA) is 55.8 Å². The van der Waals surface area contributed by atoms with Gasteiger partial charge in [0.2, 0.25) is 0 Å². The van der Waals surface area contributed by atoms with Crippen LogP contribution in [-0.4, -0.2) is 25.9 Å². The monoisotopic (exact) mass is 108 g/mol. The molecule has 0 saturated carbocycles. The minimum absolute atomic E-state index is 0.0694. The van der Waals surface area contributed by atoms with Gasteiger partial charge in [-0.15, -0.1) is 0 Å². The van der Waals surface area contributed by atoms with Crippen molar-refractivity contribution in [3.05, 3.63) is 0 Å². The van der Waals surface area contributed by atoms with Crippen molar-refractivity contribution in [2.45, 2.75) is 0 Å². The number of methoxy groups -OCH3 is 1. The van der Waals surface area contributed by atoms with Gasteiger partial charge in [0.05, 0.1) is 0 Å². The van der Waals surface area contributed by atoms with E-state index in [9.17, 15) is 0 Å². The highest BCUT2D eigenvalue weighted by Crippen LogP contribution is 1.33. The standard InChI is InChI=1S/C2H6O.CH2O3/c1-3-2;2-1-4-3/h1-2H3;1,3H. The van der Waals surface area contributed by atoms with Crippen molar-refractivity contribution >= 4 is 6.47 Å². The average Bonchev–Trinajstić information content (AvgIpc) is 1.69. The van der Waals surface area contributed by atoms with E-state index >= 15 is 0 Å². The molecule has 44 valence electrons. The quantitative estimate of drug-likeness (QED) is 0.289. The van der Waals surface area contributed by atoms with Gasteiger partial charge in [0, 0.05) is 14.2 Å². The molecule has 0 radical (unpaired) electrons. The maximum absolute atomic E-state index is 8.70. The van der Waals surface area contributed by atoms with Gasteiger partial charge in [-0.3, -0.25) is 4.79 Å². The van der Waals surface area contributed by atoms with Gasteiger partial charge >= 0.3 is 6.47 Å². The zero-order valence-corrected chi connectivity index (χ0v) is 4.25. The lowest BCUT2D eigenvalue weighted by molar-refractivity contribution is -0.217. The Hall–Kier alpha value is -0.610. The minimum atomic E-state index is -0.0694. The summed E-state index contributed by atoms with van der Waals surface area (Å²) in [6.45, 7) is -0.0694. The van der Waals surface area contributed by atoms with Gasteiger partial charge in [-0.1, -0.05) is 0 Å². The molecule has 0 spiro atoms. The van der Waals surface area contributed by atoms with Crippen molar-refractivity contribution in [2.24, 2.45) is 0 Å². The molecule has 0 fully saturated rings. The van der Waals surface area contributed by atoms with Crippen LogP contribution in [-0.2, 0) is 14.4 Å². The molecule has 0 atom stereocenters. The van der Waals surface area contributed by atoms with Gasteiger partial charge in [0.15, 0.2) is 0 Å². The first-order chi connectivity index (χ1) is 3.33. The van der Waals surface area contributed by atoms with E-state index in [0.29, 0.717) is 0 Å². The number of hydrogen-bond donors (Lipinski definition) is 1. The first-order valence-corrected chi connectivity index (χ1v) is 1.47. The van der Waals surface area contributed by atoms with E-state index in [2.05, 4.69) is 9.62 Å². The average molecular weight is 108 g/mol. The van der Waals surface area contributed by atoms with E-state index in [4.69, 9.17) is 10.1 Å². The van der Waals surface area contributed by atoms with E-state index in [-0.39, 0.29) is 6.47 Å². The Kier molecular flexibility index (Phi) is 25.0. The Morgan fingerprint density at radius 2 is 1.71 bits per heavy atom. The molecule has 0 aliphatic rings. The van der Waals surface area contributed by atoms with Crippen LogP contribution in [0.5, 0.6) is 0 Å². The van der Waals surface area contributed by atoms with Crippen molar-refractivity contribution in [1.82, 2.24) is 0 Å². The second-order valence-electron chi connectivity index (χ2n) is 0.610. The first-order valence-electron chi connectivity index (χ1n) is 1.47. The molecule has 4 nitrogen and oxygen atoms in total. The normalized spacial score (nSPS) is 5.57. The van der Waals surface area contributed by atoms with Gasteiger partial charge < -0.3 is 9.62 Å². The van der Waals surface area contributed by atoms with Crippen LogP contribution in [0.1, 0.15) is 0 Å². The molecule has 0 aromatic carbocycles. The number of carbonyl (C=O) groups excluding carboxylic acids is 1. The fourth-order valence-corrected chi connectivity index (χ4v) is 0. The lowest BCUT2D eigenvalue weighted by atomic mass is 11.6. The van der Waals surface area contributed by atoms with Crippen LogP contribution in [0.25, 0.3) is 0 Å². The predicted octanol–water partition coefficient (Wildman–Crippen LogP) is -0.105. The molecule has 0 amide bonds. The molecule has 1 N–H and O–H groups in total. The summed E-state index contributed by atoms with van der Waals surface area (Å²) in [5, 5.41) is 7.01. The third-order valence-corrected chi connectivity index (χ3v) is 0.0430. The molecule has 0 aromatic rings. The molecule has 4 heteroatoms. The summed E-state index contributed by atoms with van der Waals surface area (Å²) in [5.41, 5.74) is 0. The fourth-order valence-electron chi connectivity index (χ4n) is 0. The van der Waals surface area contributed by atoms with Gasteiger partial charge in [0.1, 0.15) is 0 Å². The number of rotatable bonds is 1. The van der Waals surface area contributed by atoms with Crippen LogP contribution >= 0.6 is 0 Å². The molecule has 0 unspecified atom stereocenters. The Balaban J connectivity index is 0. The summed E-state index contributed by atoms with van der Waals surface area (Å²) in [5.74, 6) is 0. The van der Waals surface area contributed by atoms with E-state index in [1.807, 2.05) is 0 Å². The molecule has 0 rings (SSSR count). The van der Waals surface area contributed by atoms with Crippen LogP contribution in [0.15, 0.2) is 0 Å². The van der Waals surface area contributed by atoms with E-state index in [1.54, 1.807) is 14.2 Å². The summed E-state index contributed by atoms with van der Waals surface area (Å²) in [6, 6.07) is 0. The Labute approximate surface area is 41.6 Å². The van der Waals surface area contributed by atoms with Crippen LogP contribution in [0.4, 0.5) is 0 Å². The van der Waals surface area contributed by atoms with Crippen molar-refractivity contribution in [3.63, 3.8) is 0 Å². The maximum Gasteiger partial charge on any atom is 0.330 e. The van der Waals surface area contributed by atoms with Gasteiger partial charge in [-0.2, -0.15) is 0 Å². The lowest BCUT2D eigenvalue weighted by Crippen LogP contribution is -1.69. The molecule has 7 heavy (non-hydrogen) atoms. The lowest BCUT2D eigenvalue weighted by Gasteiger charge is -1.63. The fraction of sp³-hybridized carbons (Fsp3) is 0.667. The Morgan fingerprint density at radius 3 is 1.71 bits per heavy atom. The SMILES string of the molecule is COC.O=COO. The van der Waals surface area contributed by atoms with Gasteiger partial charge in [-0.05, 0) is 0 Å². The number of hydrogen-bond acceptors (Lipinski definition) is 4. The van der Waals surface area contributed by atoms with E-state index < -0.39 is 0 Å². The van der Waals surface area contributed by atoms with E-state index in [0.717, 1.165) is 0 Å². The van der Waals surface area contributed by atoms with Gasteiger partial charge in [0.25, 0.3) is 0 Å². The summed E-state index contributed by atoms with van der Waals surface area (Å²) < 4.78 is 4.25. The summed E-state index contributed by atoms with van der Waals surface area (Å²) in [6.07, 6.45) is 0. The smallest absolute Gasteiger partial charge is 0.330 e. The van der Waals surface area contributed by atoms with Crippen molar-refractivity contribution < 1.29 is 19.7 Å². The molecule has 0 aliphatic heterocycles. The summed E-state index contributed by atoms with van der Waals surface area (Å²) in [7, 11) is 3.25. The van der Waals surface area contributed by atoms with Crippen molar-refractivity contribution in [3.8, 4) is 0 Å². The zero-order valence-electron chi connectivity index (χ0n) is 4.25. The summed E-state index contributed by atoms with van der Waals surface area (Å²) >= 11 is 0. The second-order valence-corrected chi connectivity index (χ2v) is 0.610. The number of ether oxygens (including phenoxy) is 1. The molecule has 0 aliphatic carbocycles. The minimum Gasteiger partial charge on any atom is -0.388 e. The third-order valence-electron chi connectivity index (χ3n) is 0.0430. The predicted molar refractivity (Wildman–Crippen MR) is 22.7 cm³/mol. The zero-order chi connectivity index (χ0) is 6.12. The molecule has 0 bridgehead atoms. The Morgan fingerprint density at radius 1 is 1.57 bits per heavy atom. The highest BCUT2D eigenvalue weighted by atomic mass is 17.1. The van der Waals surface area contributed by atoms with E-state index in [1.165, 1.54) is 0 Å². The largest absolute Gasteiger partial charge is 0.388 e. The van der Waals surface area contributed by atoms with Crippen molar-refractivity contribution in [1.29, 1.82) is 0 Å². The second kappa shape index (κ2) is 18.2. The first kappa shape index (κ1) is 9.63. The molecule has 0 heterocycles. The number of carbonyl (C=O) groups is 1. The highest BCUT2D eigenvalue weighted by molar-refractivity contribution is 5.35. The van der Waals surface area contributed by atoms with Crippen molar-refractivity contribution in [2.75, 3.05) is 14.2 Å². The van der Waals surface area contributed by atoms with Crippen LogP contribution in [0.2, 0.25) is 0 Å². The molecule has 0 saturated heterocycles. The maximum atomic E-state index is 8.70. The molecular formula is C3H8O4. The van der Waals surface area contributed by atoms with Crippen LogP contribution < -0.4 is 0 Å². The van der Waals surface area contributed by atoms with Crippen LogP contribution in [0.3, 0.4) is 0 Å². The van der Waals surface area contributed by atoms with Crippen LogP contribution in [0, 0.1) is 0 Å². The Bertz CT molecular complexity index is 28.1. The highest BCUT2D eigenvalue weighted by Gasteiger charge is 1.47. The summed E-state index contributed by atoms with van der Waals surface area (Å²) in [4.78, 5) is 11.6. The van der Waals surface area contributed by atoms with Gasteiger partial charge in [-0.25, -0.2) is 5.26 Å². The molecule has 0 aromatic heterocycles. The molecular weight excluding hydrogens is 100 g/mol.